The van der Waals surface area contributed by atoms with Crippen LogP contribution in [0.1, 0.15) is 22.2 Å². The first-order chi connectivity index (χ1) is 9.74. The molecule has 6 heteroatoms. The number of hydrogen-bond donors (Lipinski definition) is 1. The van der Waals surface area contributed by atoms with Gasteiger partial charge in [0.05, 0.1) is 5.71 Å². The number of benzene rings is 1. The van der Waals surface area contributed by atoms with E-state index >= 15 is 0 Å². The lowest BCUT2D eigenvalue weighted by atomic mass is 10.2. The quantitative estimate of drug-likeness (QED) is 0.697. The molecule has 3 rings (SSSR count). The van der Waals surface area contributed by atoms with Crippen molar-refractivity contribution < 1.29 is 14.3 Å². The molecular weight excluding hydrogens is 276 g/mol. The van der Waals surface area contributed by atoms with Gasteiger partial charge in [-0.1, -0.05) is 6.07 Å². The van der Waals surface area contributed by atoms with E-state index in [4.69, 9.17) is 9.47 Å². The number of rotatable bonds is 3. The molecule has 5 nitrogen and oxygen atoms in total. The van der Waals surface area contributed by atoms with Gasteiger partial charge in [-0.3, -0.25) is 4.79 Å². The molecule has 0 bridgehead atoms. The molecule has 102 valence electrons. The molecule has 2 heterocycles. The van der Waals surface area contributed by atoms with Gasteiger partial charge in [0.2, 0.25) is 6.79 Å². The summed E-state index contributed by atoms with van der Waals surface area (Å²) in [7, 11) is 0. The smallest absolute Gasteiger partial charge is 0.271 e. The summed E-state index contributed by atoms with van der Waals surface area (Å²) in [6.45, 7) is 2.04. The monoisotopic (exact) mass is 288 g/mol. The zero-order valence-corrected chi connectivity index (χ0v) is 11.6. The summed E-state index contributed by atoms with van der Waals surface area (Å²) in [5, 5.41) is 6.06. The highest BCUT2D eigenvalue weighted by Crippen LogP contribution is 2.32. The Hall–Kier alpha value is -2.34. The first-order valence-electron chi connectivity index (χ1n) is 6.02. The van der Waals surface area contributed by atoms with Crippen molar-refractivity contribution in [3.05, 3.63) is 46.2 Å². The molecule has 1 aliphatic rings. The van der Waals surface area contributed by atoms with E-state index in [1.807, 2.05) is 24.4 Å². The van der Waals surface area contributed by atoms with E-state index in [0.717, 1.165) is 10.6 Å². The summed E-state index contributed by atoms with van der Waals surface area (Å²) >= 11 is 1.58. The van der Waals surface area contributed by atoms with E-state index in [9.17, 15) is 4.79 Å². The average molecular weight is 288 g/mol. The number of thiophene rings is 1. The van der Waals surface area contributed by atoms with Crippen molar-refractivity contribution in [1.29, 1.82) is 0 Å². The highest BCUT2D eigenvalue weighted by atomic mass is 32.1. The van der Waals surface area contributed by atoms with E-state index in [1.165, 1.54) is 0 Å². The van der Waals surface area contributed by atoms with Gasteiger partial charge in [-0.05, 0) is 36.6 Å². The Balaban J connectivity index is 1.72. The third-order valence-corrected chi connectivity index (χ3v) is 3.82. The van der Waals surface area contributed by atoms with Crippen LogP contribution in [-0.2, 0) is 0 Å². The summed E-state index contributed by atoms with van der Waals surface area (Å²) in [6, 6.07) is 8.94. The Labute approximate surface area is 119 Å². The van der Waals surface area contributed by atoms with Crippen LogP contribution in [0.15, 0.2) is 40.8 Å². The van der Waals surface area contributed by atoms with E-state index in [-0.39, 0.29) is 12.7 Å². The number of fused-ring (bicyclic) bond motifs is 1. The fourth-order valence-corrected chi connectivity index (χ4v) is 2.45. The van der Waals surface area contributed by atoms with Crippen molar-refractivity contribution in [2.24, 2.45) is 5.10 Å². The van der Waals surface area contributed by atoms with Crippen molar-refractivity contribution in [1.82, 2.24) is 5.43 Å². The number of ether oxygens (including phenoxy) is 2. The third kappa shape index (κ3) is 2.50. The molecule has 2 aromatic rings. The molecule has 20 heavy (non-hydrogen) atoms. The van der Waals surface area contributed by atoms with Crippen molar-refractivity contribution in [2.75, 3.05) is 6.79 Å². The van der Waals surface area contributed by atoms with Gasteiger partial charge in [0.15, 0.2) is 11.5 Å². The minimum atomic E-state index is -0.279. The third-order valence-electron chi connectivity index (χ3n) is 2.84. The summed E-state index contributed by atoms with van der Waals surface area (Å²) in [6.07, 6.45) is 0. The first kappa shape index (κ1) is 12.7. The highest BCUT2D eigenvalue weighted by Gasteiger charge is 2.16. The van der Waals surface area contributed by atoms with Crippen molar-refractivity contribution >= 4 is 23.0 Å². The van der Waals surface area contributed by atoms with Crippen LogP contribution in [0.3, 0.4) is 0 Å². The van der Waals surface area contributed by atoms with E-state index in [2.05, 4.69) is 10.5 Å². The highest BCUT2D eigenvalue weighted by molar-refractivity contribution is 7.12. The zero-order valence-electron chi connectivity index (χ0n) is 10.8. The first-order valence-corrected chi connectivity index (χ1v) is 6.90. The molecule has 0 aliphatic carbocycles. The second-order valence-corrected chi connectivity index (χ2v) is 5.13. The molecule has 1 aromatic carbocycles. The van der Waals surface area contributed by atoms with Gasteiger partial charge in [0.1, 0.15) is 0 Å². The van der Waals surface area contributed by atoms with Crippen LogP contribution >= 0.6 is 11.3 Å². The van der Waals surface area contributed by atoms with Crippen molar-refractivity contribution in [2.45, 2.75) is 6.92 Å². The van der Waals surface area contributed by atoms with Gasteiger partial charge in [-0.25, -0.2) is 5.43 Å². The van der Waals surface area contributed by atoms with Crippen LogP contribution in [-0.4, -0.2) is 18.4 Å². The molecule has 0 unspecified atom stereocenters. The van der Waals surface area contributed by atoms with Crippen molar-refractivity contribution in [3.8, 4) is 11.5 Å². The minimum Gasteiger partial charge on any atom is -0.454 e. The molecule has 0 radical (unpaired) electrons. The molecule has 0 atom stereocenters. The van der Waals surface area contributed by atoms with E-state index in [1.54, 1.807) is 29.5 Å². The Kier molecular flexibility index (Phi) is 3.39. The lowest BCUT2D eigenvalue weighted by Crippen LogP contribution is -2.19. The van der Waals surface area contributed by atoms with Crippen LogP contribution in [0.2, 0.25) is 0 Å². The summed E-state index contributed by atoms with van der Waals surface area (Å²) in [5.74, 6) is 0.954. The number of hydrazone groups is 1. The van der Waals surface area contributed by atoms with Gasteiger partial charge >= 0.3 is 0 Å². The summed E-state index contributed by atoms with van der Waals surface area (Å²) in [4.78, 5) is 13.0. The number of nitrogens with zero attached hydrogens (tertiary/aromatic N) is 1. The lowest BCUT2D eigenvalue weighted by Gasteiger charge is -2.02. The standard InChI is InChI=1S/C14H12N2O3S/c1-9(13-3-2-6-20-13)15-16-14(17)10-4-5-11-12(7-10)19-8-18-11/h2-7H,8H2,1H3,(H,16,17)/b15-9+. The maximum absolute atomic E-state index is 12.0. The molecule has 1 amide bonds. The van der Waals surface area contributed by atoms with Crippen LogP contribution < -0.4 is 14.9 Å². The number of carbonyl (C=O) groups excluding carboxylic acids is 1. The second-order valence-electron chi connectivity index (χ2n) is 4.18. The van der Waals surface area contributed by atoms with E-state index in [0.29, 0.717) is 17.1 Å². The number of carbonyl (C=O) groups is 1. The predicted octanol–water partition coefficient (Wildman–Crippen LogP) is 2.63. The zero-order chi connectivity index (χ0) is 13.9. The second kappa shape index (κ2) is 5.34. The number of amides is 1. The molecule has 0 saturated carbocycles. The Morgan fingerprint density at radius 3 is 2.95 bits per heavy atom. The number of hydrogen-bond acceptors (Lipinski definition) is 5. The van der Waals surface area contributed by atoms with Gasteiger partial charge in [-0.2, -0.15) is 5.10 Å². The maximum atomic E-state index is 12.0. The molecule has 1 aliphatic heterocycles. The fourth-order valence-electron chi connectivity index (χ4n) is 1.78. The lowest BCUT2D eigenvalue weighted by molar-refractivity contribution is 0.0954. The van der Waals surface area contributed by atoms with Crippen LogP contribution in [0.5, 0.6) is 11.5 Å². The Morgan fingerprint density at radius 1 is 1.30 bits per heavy atom. The van der Waals surface area contributed by atoms with Gasteiger partial charge in [0.25, 0.3) is 5.91 Å². The molecule has 0 fully saturated rings. The number of nitrogens with one attached hydrogen (secondary N) is 1. The topological polar surface area (TPSA) is 59.9 Å². The molecule has 1 aromatic heterocycles. The van der Waals surface area contributed by atoms with Gasteiger partial charge in [-0.15, -0.1) is 11.3 Å². The molecule has 1 N–H and O–H groups in total. The fraction of sp³-hybridized carbons (Fsp3) is 0.143. The summed E-state index contributed by atoms with van der Waals surface area (Å²) < 4.78 is 10.4. The normalized spacial score (nSPS) is 13.3. The van der Waals surface area contributed by atoms with Gasteiger partial charge < -0.3 is 9.47 Å². The minimum absolute atomic E-state index is 0.191. The van der Waals surface area contributed by atoms with Crippen LogP contribution in [0.4, 0.5) is 0 Å². The largest absolute Gasteiger partial charge is 0.454 e. The van der Waals surface area contributed by atoms with Crippen molar-refractivity contribution in [3.63, 3.8) is 0 Å². The maximum Gasteiger partial charge on any atom is 0.271 e. The Bertz CT molecular complexity index is 665. The predicted molar refractivity (Wildman–Crippen MR) is 76.6 cm³/mol. The molecular formula is C14H12N2O3S. The molecule has 0 spiro atoms. The average Bonchev–Trinajstić information content (AvgIpc) is 3.13. The Morgan fingerprint density at radius 2 is 2.15 bits per heavy atom. The summed E-state index contributed by atoms with van der Waals surface area (Å²) in [5.41, 5.74) is 3.79. The van der Waals surface area contributed by atoms with Crippen LogP contribution in [0, 0.1) is 0 Å². The van der Waals surface area contributed by atoms with E-state index < -0.39 is 0 Å². The van der Waals surface area contributed by atoms with Crippen LogP contribution in [0.25, 0.3) is 0 Å². The van der Waals surface area contributed by atoms with Gasteiger partial charge in [0, 0.05) is 10.4 Å². The molecule has 0 saturated heterocycles. The SMILES string of the molecule is C/C(=N\NC(=O)c1ccc2c(c1)OCO2)c1cccs1.